The third kappa shape index (κ3) is 3.38. The van der Waals surface area contributed by atoms with Crippen LogP contribution in [0.25, 0.3) is 5.69 Å². The first-order valence-electron chi connectivity index (χ1n) is 7.42. The number of carbonyl (C=O) groups is 2. The third-order valence-electron chi connectivity index (χ3n) is 3.60. The molecule has 2 aromatic rings. The van der Waals surface area contributed by atoms with Crippen LogP contribution < -0.4 is 5.32 Å². The molecular formula is C16H16BrN5O2. The van der Waals surface area contributed by atoms with Gasteiger partial charge in [-0.1, -0.05) is 22.0 Å². The Morgan fingerprint density at radius 1 is 1.29 bits per heavy atom. The van der Waals surface area contributed by atoms with E-state index in [-0.39, 0.29) is 18.2 Å². The van der Waals surface area contributed by atoms with E-state index in [4.69, 9.17) is 0 Å². The van der Waals surface area contributed by atoms with Crippen LogP contribution in [-0.4, -0.2) is 39.4 Å². The maximum absolute atomic E-state index is 12.4. The van der Waals surface area contributed by atoms with Crippen molar-refractivity contribution in [3.8, 4) is 5.69 Å². The molecule has 3 rings (SSSR count). The van der Waals surface area contributed by atoms with E-state index in [1.807, 2.05) is 31.2 Å². The minimum absolute atomic E-state index is 0.0958. The van der Waals surface area contributed by atoms with Crippen LogP contribution in [0.3, 0.4) is 0 Å². The summed E-state index contributed by atoms with van der Waals surface area (Å²) in [5, 5.41) is 12.5. The molecule has 1 aliphatic rings. The molecule has 0 unspecified atom stereocenters. The molecule has 7 nitrogen and oxygen atoms in total. The van der Waals surface area contributed by atoms with Crippen LogP contribution in [0, 0.1) is 6.92 Å². The summed E-state index contributed by atoms with van der Waals surface area (Å²) in [6.45, 7) is 1.86. The Bertz CT molecular complexity index is 843. The molecule has 2 amide bonds. The summed E-state index contributed by atoms with van der Waals surface area (Å²) in [5.41, 5.74) is 1.94. The van der Waals surface area contributed by atoms with Crippen molar-refractivity contribution >= 4 is 39.3 Å². The molecule has 124 valence electrons. The standard InChI is InChI=1S/C16H16BrN5O2/c1-10-8-14(22(19-10)12-5-3-4-11(17)9-12)18-16(24)13-6-7-15(23)21(2)20-13/h3-5,8-9H,6-7H2,1-2H3,(H,18,24). The van der Waals surface area contributed by atoms with Crippen LogP contribution in [0.5, 0.6) is 0 Å². The van der Waals surface area contributed by atoms with Crippen molar-refractivity contribution in [2.75, 3.05) is 12.4 Å². The van der Waals surface area contributed by atoms with Gasteiger partial charge in [-0.3, -0.25) is 9.59 Å². The molecule has 1 aliphatic heterocycles. The molecule has 0 bridgehead atoms. The zero-order valence-corrected chi connectivity index (χ0v) is 14.9. The lowest BCUT2D eigenvalue weighted by Gasteiger charge is -2.19. The van der Waals surface area contributed by atoms with Crippen molar-refractivity contribution in [2.45, 2.75) is 19.8 Å². The zero-order valence-electron chi connectivity index (χ0n) is 13.3. The molecule has 0 radical (unpaired) electrons. The van der Waals surface area contributed by atoms with E-state index in [0.29, 0.717) is 18.0 Å². The summed E-state index contributed by atoms with van der Waals surface area (Å²) in [6, 6.07) is 9.41. The van der Waals surface area contributed by atoms with E-state index >= 15 is 0 Å². The predicted octanol–water partition coefficient (Wildman–Crippen LogP) is 2.49. The van der Waals surface area contributed by atoms with Crippen molar-refractivity contribution < 1.29 is 9.59 Å². The van der Waals surface area contributed by atoms with Gasteiger partial charge in [0.25, 0.3) is 5.91 Å². The quantitative estimate of drug-likeness (QED) is 0.875. The Hall–Kier alpha value is -2.48. The number of hydrogen-bond donors (Lipinski definition) is 1. The lowest BCUT2D eigenvalue weighted by atomic mass is 10.1. The van der Waals surface area contributed by atoms with Gasteiger partial charge in [-0.2, -0.15) is 10.2 Å². The fourth-order valence-corrected chi connectivity index (χ4v) is 2.80. The van der Waals surface area contributed by atoms with Gasteiger partial charge in [0.15, 0.2) is 0 Å². The number of carbonyl (C=O) groups excluding carboxylic acids is 2. The van der Waals surface area contributed by atoms with Gasteiger partial charge in [0.05, 0.1) is 11.4 Å². The molecule has 8 heteroatoms. The lowest BCUT2D eigenvalue weighted by Crippen LogP contribution is -2.34. The number of hydrogen-bond acceptors (Lipinski definition) is 4. The van der Waals surface area contributed by atoms with Gasteiger partial charge in [0, 0.05) is 30.4 Å². The molecule has 0 atom stereocenters. The second-order valence-corrected chi connectivity index (χ2v) is 6.40. The van der Waals surface area contributed by atoms with Crippen molar-refractivity contribution in [3.05, 3.63) is 40.5 Å². The Labute approximate surface area is 147 Å². The summed E-state index contributed by atoms with van der Waals surface area (Å²) in [7, 11) is 1.55. The monoisotopic (exact) mass is 389 g/mol. The van der Waals surface area contributed by atoms with E-state index < -0.39 is 0 Å². The van der Waals surface area contributed by atoms with Gasteiger partial charge in [-0.15, -0.1) is 0 Å². The average Bonchev–Trinajstić information content (AvgIpc) is 2.90. The highest BCUT2D eigenvalue weighted by atomic mass is 79.9. The smallest absolute Gasteiger partial charge is 0.273 e. The molecule has 24 heavy (non-hydrogen) atoms. The maximum Gasteiger partial charge on any atom is 0.273 e. The third-order valence-corrected chi connectivity index (χ3v) is 4.09. The average molecular weight is 390 g/mol. The number of nitrogens with zero attached hydrogens (tertiary/aromatic N) is 4. The second-order valence-electron chi connectivity index (χ2n) is 5.48. The van der Waals surface area contributed by atoms with Crippen LogP contribution >= 0.6 is 15.9 Å². The SMILES string of the molecule is Cc1cc(NC(=O)C2=NN(C)C(=O)CC2)n(-c2cccc(Br)c2)n1. The van der Waals surface area contributed by atoms with Gasteiger partial charge in [0.1, 0.15) is 11.5 Å². The van der Waals surface area contributed by atoms with Gasteiger partial charge in [-0.05, 0) is 25.1 Å². The molecule has 1 aromatic heterocycles. The highest BCUT2D eigenvalue weighted by molar-refractivity contribution is 9.10. The zero-order chi connectivity index (χ0) is 17.3. The number of rotatable bonds is 3. The largest absolute Gasteiger partial charge is 0.305 e. The summed E-state index contributed by atoms with van der Waals surface area (Å²) in [4.78, 5) is 23.9. The lowest BCUT2D eigenvalue weighted by molar-refractivity contribution is -0.130. The summed E-state index contributed by atoms with van der Waals surface area (Å²) < 4.78 is 2.58. The fraction of sp³-hybridized carbons (Fsp3) is 0.250. The first kappa shape index (κ1) is 16.4. The Balaban J connectivity index is 1.87. The van der Waals surface area contributed by atoms with E-state index in [1.54, 1.807) is 17.8 Å². The first-order valence-corrected chi connectivity index (χ1v) is 8.21. The molecule has 2 heterocycles. The maximum atomic E-state index is 12.4. The predicted molar refractivity (Wildman–Crippen MR) is 94.1 cm³/mol. The van der Waals surface area contributed by atoms with Gasteiger partial charge in [-0.25, -0.2) is 9.69 Å². The van der Waals surface area contributed by atoms with Crippen molar-refractivity contribution in [1.29, 1.82) is 0 Å². The number of nitrogens with one attached hydrogen (secondary N) is 1. The second kappa shape index (κ2) is 6.56. The van der Waals surface area contributed by atoms with Crippen LogP contribution in [-0.2, 0) is 9.59 Å². The topological polar surface area (TPSA) is 79.6 Å². The van der Waals surface area contributed by atoms with Gasteiger partial charge < -0.3 is 5.32 Å². The van der Waals surface area contributed by atoms with E-state index in [1.165, 1.54) is 5.01 Å². The number of benzene rings is 1. The highest BCUT2D eigenvalue weighted by Gasteiger charge is 2.23. The summed E-state index contributed by atoms with van der Waals surface area (Å²) in [5.74, 6) is 0.130. The summed E-state index contributed by atoms with van der Waals surface area (Å²) >= 11 is 3.43. The van der Waals surface area contributed by atoms with Crippen molar-refractivity contribution in [2.24, 2.45) is 5.10 Å². The number of halogens is 1. The summed E-state index contributed by atoms with van der Waals surface area (Å²) in [6.07, 6.45) is 0.617. The molecule has 1 N–H and O–H groups in total. The Morgan fingerprint density at radius 2 is 2.08 bits per heavy atom. The Kier molecular flexibility index (Phi) is 4.48. The van der Waals surface area contributed by atoms with Crippen LogP contribution in [0.2, 0.25) is 0 Å². The number of aryl methyl sites for hydroxylation is 1. The van der Waals surface area contributed by atoms with Crippen LogP contribution in [0.4, 0.5) is 5.82 Å². The van der Waals surface area contributed by atoms with E-state index in [2.05, 4.69) is 31.4 Å². The number of hydrazone groups is 1. The number of anilines is 1. The Morgan fingerprint density at radius 3 is 2.79 bits per heavy atom. The van der Waals surface area contributed by atoms with Crippen molar-refractivity contribution in [3.63, 3.8) is 0 Å². The van der Waals surface area contributed by atoms with E-state index in [0.717, 1.165) is 15.9 Å². The minimum Gasteiger partial charge on any atom is -0.305 e. The normalized spacial score (nSPS) is 14.5. The van der Waals surface area contributed by atoms with Crippen LogP contribution in [0.1, 0.15) is 18.5 Å². The van der Waals surface area contributed by atoms with Crippen molar-refractivity contribution in [1.82, 2.24) is 14.8 Å². The molecule has 0 fully saturated rings. The van der Waals surface area contributed by atoms with Gasteiger partial charge in [0.2, 0.25) is 5.91 Å². The van der Waals surface area contributed by atoms with E-state index in [9.17, 15) is 9.59 Å². The number of aromatic nitrogens is 2. The minimum atomic E-state index is -0.328. The highest BCUT2D eigenvalue weighted by Crippen LogP contribution is 2.21. The number of amides is 2. The molecule has 0 saturated heterocycles. The first-order chi connectivity index (χ1) is 11.4. The van der Waals surface area contributed by atoms with Gasteiger partial charge >= 0.3 is 0 Å². The molecular weight excluding hydrogens is 374 g/mol. The molecule has 1 aromatic carbocycles. The van der Waals surface area contributed by atoms with Crippen LogP contribution in [0.15, 0.2) is 39.9 Å². The fourth-order valence-electron chi connectivity index (χ4n) is 2.41. The molecule has 0 spiro atoms. The molecule has 0 saturated carbocycles. The molecule has 0 aliphatic carbocycles.